The van der Waals surface area contributed by atoms with Gasteiger partial charge in [0.15, 0.2) is 15.7 Å². The summed E-state index contributed by atoms with van der Waals surface area (Å²) in [5.41, 5.74) is 2.30. The summed E-state index contributed by atoms with van der Waals surface area (Å²) in [5.74, 6) is 1.32. The lowest BCUT2D eigenvalue weighted by Gasteiger charge is -2.31. The zero-order valence-corrected chi connectivity index (χ0v) is 16.5. The van der Waals surface area contributed by atoms with E-state index in [1.165, 1.54) is 0 Å². The van der Waals surface area contributed by atoms with Gasteiger partial charge in [0.05, 0.1) is 27.5 Å². The highest BCUT2D eigenvalue weighted by molar-refractivity contribution is 7.92. The van der Waals surface area contributed by atoms with Gasteiger partial charge in [-0.2, -0.15) is 0 Å². The van der Waals surface area contributed by atoms with E-state index in [4.69, 9.17) is 11.6 Å². The molecule has 0 unspecified atom stereocenters. The molecule has 1 saturated heterocycles. The van der Waals surface area contributed by atoms with Gasteiger partial charge in [0.1, 0.15) is 5.69 Å². The highest BCUT2D eigenvalue weighted by Crippen LogP contribution is 2.28. The highest BCUT2D eigenvalue weighted by Gasteiger charge is 2.29. The zero-order chi connectivity index (χ0) is 19.0. The monoisotopic (exact) mass is 405 g/mol. The molecule has 1 N–H and O–H groups in total. The number of rotatable bonds is 4. The Morgan fingerprint density at radius 3 is 2.67 bits per heavy atom. The van der Waals surface area contributed by atoms with Crippen LogP contribution in [0.1, 0.15) is 19.8 Å². The molecule has 4 rings (SSSR count). The number of para-hydroxylation sites is 2. The predicted octanol–water partition coefficient (Wildman–Crippen LogP) is 3.08. The van der Waals surface area contributed by atoms with Crippen molar-refractivity contribution in [1.29, 1.82) is 0 Å². The van der Waals surface area contributed by atoms with E-state index < -0.39 is 9.84 Å². The minimum absolute atomic E-state index is 0.186. The third kappa shape index (κ3) is 3.51. The molecule has 0 aliphatic carbocycles. The summed E-state index contributed by atoms with van der Waals surface area (Å²) in [7, 11) is -3.00. The van der Waals surface area contributed by atoms with E-state index in [0.717, 1.165) is 11.0 Å². The SMILES string of the molecule is CCS(=O)(=O)C1CCN(c2ncc(Cl)c(-c3nc4ccccc4[nH]3)n2)CC1. The number of nitrogens with one attached hydrogen (secondary N) is 1. The molecule has 1 fully saturated rings. The van der Waals surface area contributed by atoms with Crippen LogP contribution in [0, 0.1) is 0 Å². The van der Waals surface area contributed by atoms with Gasteiger partial charge in [-0.25, -0.2) is 23.4 Å². The Labute approximate surface area is 162 Å². The molecule has 7 nitrogen and oxygen atoms in total. The summed E-state index contributed by atoms with van der Waals surface area (Å²) in [5, 5.41) is 0.141. The van der Waals surface area contributed by atoms with E-state index in [9.17, 15) is 8.42 Å². The number of fused-ring (bicyclic) bond motifs is 1. The van der Waals surface area contributed by atoms with Crippen molar-refractivity contribution >= 4 is 38.4 Å². The molecule has 9 heteroatoms. The van der Waals surface area contributed by atoms with Crippen molar-refractivity contribution < 1.29 is 8.42 Å². The topological polar surface area (TPSA) is 91.8 Å². The van der Waals surface area contributed by atoms with Crippen molar-refractivity contribution in [2.75, 3.05) is 23.7 Å². The van der Waals surface area contributed by atoms with Gasteiger partial charge in [0.2, 0.25) is 5.95 Å². The molecule has 1 aromatic carbocycles. The summed E-state index contributed by atoms with van der Waals surface area (Å²) >= 11 is 6.32. The Hall–Kier alpha value is -2.19. The van der Waals surface area contributed by atoms with Crippen molar-refractivity contribution in [3.05, 3.63) is 35.5 Å². The number of hydrogen-bond donors (Lipinski definition) is 1. The van der Waals surface area contributed by atoms with Gasteiger partial charge in [0.25, 0.3) is 0 Å². The molecule has 0 radical (unpaired) electrons. The van der Waals surface area contributed by atoms with E-state index in [2.05, 4.69) is 19.9 Å². The van der Waals surface area contributed by atoms with Crippen molar-refractivity contribution in [2.45, 2.75) is 25.0 Å². The lowest BCUT2D eigenvalue weighted by Crippen LogP contribution is -2.40. The molecule has 142 valence electrons. The van der Waals surface area contributed by atoms with E-state index in [0.29, 0.717) is 48.4 Å². The number of anilines is 1. The number of aromatic nitrogens is 4. The number of imidazole rings is 1. The maximum Gasteiger partial charge on any atom is 0.226 e. The van der Waals surface area contributed by atoms with Crippen molar-refractivity contribution in [3.8, 4) is 11.5 Å². The number of aromatic amines is 1. The normalized spacial score (nSPS) is 16.1. The van der Waals surface area contributed by atoms with Crippen LogP contribution in [0.25, 0.3) is 22.6 Å². The highest BCUT2D eigenvalue weighted by atomic mass is 35.5. The second kappa shape index (κ2) is 7.09. The molecule has 3 heterocycles. The molecule has 0 saturated carbocycles. The first kappa shape index (κ1) is 18.2. The fourth-order valence-corrected chi connectivity index (χ4v) is 4.97. The lowest BCUT2D eigenvalue weighted by molar-refractivity contribution is 0.526. The first-order valence-corrected chi connectivity index (χ1v) is 11.0. The smallest absolute Gasteiger partial charge is 0.226 e. The maximum atomic E-state index is 12.1. The molecule has 0 atom stereocenters. The van der Waals surface area contributed by atoms with E-state index >= 15 is 0 Å². The molecule has 3 aromatic rings. The molecule has 0 bridgehead atoms. The first-order valence-electron chi connectivity index (χ1n) is 8.92. The predicted molar refractivity (Wildman–Crippen MR) is 107 cm³/mol. The van der Waals surface area contributed by atoms with Gasteiger partial charge >= 0.3 is 0 Å². The third-order valence-corrected chi connectivity index (χ3v) is 7.55. The van der Waals surface area contributed by atoms with Crippen LogP contribution in [0.3, 0.4) is 0 Å². The molecule has 0 spiro atoms. The third-order valence-electron chi connectivity index (χ3n) is 4.98. The van der Waals surface area contributed by atoms with Gasteiger partial charge < -0.3 is 9.88 Å². The Morgan fingerprint density at radius 1 is 1.22 bits per heavy atom. The van der Waals surface area contributed by atoms with E-state index in [1.807, 2.05) is 29.2 Å². The van der Waals surface area contributed by atoms with Gasteiger partial charge in [-0.3, -0.25) is 0 Å². The van der Waals surface area contributed by atoms with Gasteiger partial charge in [-0.05, 0) is 25.0 Å². The average Bonchev–Trinajstić information content (AvgIpc) is 3.12. The Morgan fingerprint density at radius 2 is 1.96 bits per heavy atom. The second-order valence-corrected chi connectivity index (χ2v) is 9.58. The van der Waals surface area contributed by atoms with Crippen LogP contribution in [-0.4, -0.2) is 52.4 Å². The minimum Gasteiger partial charge on any atom is -0.341 e. The van der Waals surface area contributed by atoms with Gasteiger partial charge in [0, 0.05) is 18.8 Å². The first-order chi connectivity index (χ1) is 13.0. The second-order valence-electron chi connectivity index (χ2n) is 6.61. The molecule has 1 aliphatic rings. The number of piperidine rings is 1. The summed E-state index contributed by atoms with van der Waals surface area (Å²) in [6.45, 7) is 2.90. The van der Waals surface area contributed by atoms with Gasteiger partial charge in [-0.1, -0.05) is 30.7 Å². The fourth-order valence-electron chi connectivity index (χ4n) is 3.39. The van der Waals surface area contributed by atoms with Crippen LogP contribution in [0.5, 0.6) is 0 Å². The standard InChI is InChI=1S/C18H20ClN5O2S/c1-2-27(25,26)12-7-9-24(10-8-12)18-20-11-13(19)16(23-18)17-21-14-5-3-4-6-15(14)22-17/h3-6,11-12H,2,7-10H2,1H3,(H,21,22). The number of benzene rings is 1. The van der Waals surface area contributed by atoms with Crippen molar-refractivity contribution in [2.24, 2.45) is 0 Å². The number of halogens is 1. The Bertz CT molecular complexity index is 1040. The summed E-state index contributed by atoms with van der Waals surface area (Å²) in [4.78, 5) is 18.7. The van der Waals surface area contributed by atoms with Crippen molar-refractivity contribution in [1.82, 2.24) is 19.9 Å². The average molecular weight is 406 g/mol. The molecular weight excluding hydrogens is 386 g/mol. The molecule has 27 heavy (non-hydrogen) atoms. The zero-order valence-electron chi connectivity index (χ0n) is 14.9. The molecule has 0 amide bonds. The van der Waals surface area contributed by atoms with E-state index in [-0.39, 0.29) is 11.0 Å². The van der Waals surface area contributed by atoms with E-state index in [1.54, 1.807) is 13.1 Å². The number of hydrogen-bond acceptors (Lipinski definition) is 6. The molecule has 1 aliphatic heterocycles. The summed E-state index contributed by atoms with van der Waals surface area (Å²) in [6, 6.07) is 7.73. The fraction of sp³-hybridized carbons (Fsp3) is 0.389. The Balaban J connectivity index is 1.60. The summed E-state index contributed by atoms with van der Waals surface area (Å²) < 4.78 is 24.2. The molecule has 2 aromatic heterocycles. The number of sulfone groups is 1. The van der Waals surface area contributed by atoms with Crippen LogP contribution in [0.4, 0.5) is 5.95 Å². The van der Waals surface area contributed by atoms with Crippen LogP contribution in [-0.2, 0) is 9.84 Å². The van der Waals surface area contributed by atoms with Gasteiger partial charge in [-0.15, -0.1) is 0 Å². The van der Waals surface area contributed by atoms with Crippen LogP contribution in [0.2, 0.25) is 5.02 Å². The van der Waals surface area contributed by atoms with Crippen LogP contribution in [0.15, 0.2) is 30.5 Å². The minimum atomic E-state index is -3.00. The Kier molecular flexibility index (Phi) is 4.77. The number of nitrogens with zero attached hydrogens (tertiary/aromatic N) is 4. The number of H-pyrrole nitrogens is 1. The van der Waals surface area contributed by atoms with Crippen LogP contribution >= 0.6 is 11.6 Å². The largest absolute Gasteiger partial charge is 0.341 e. The maximum absolute atomic E-state index is 12.1. The lowest BCUT2D eigenvalue weighted by atomic mass is 10.1. The quantitative estimate of drug-likeness (QED) is 0.717. The van der Waals surface area contributed by atoms with Crippen molar-refractivity contribution in [3.63, 3.8) is 0 Å². The van der Waals surface area contributed by atoms with Crippen LogP contribution < -0.4 is 4.90 Å². The molecular formula is C18H20ClN5O2S. The summed E-state index contributed by atoms with van der Waals surface area (Å²) in [6.07, 6.45) is 2.74.